The third-order valence-electron chi connectivity index (χ3n) is 6.21. The first-order chi connectivity index (χ1) is 14.3. The molecule has 0 bridgehead atoms. The minimum Gasteiger partial charge on any atom is -0.466 e. The summed E-state index contributed by atoms with van der Waals surface area (Å²) >= 11 is 0. The van der Waals surface area contributed by atoms with E-state index in [0.29, 0.717) is 25.9 Å². The van der Waals surface area contributed by atoms with Crippen LogP contribution in [0.5, 0.6) is 0 Å². The lowest BCUT2D eigenvalue weighted by Crippen LogP contribution is -2.49. The van der Waals surface area contributed by atoms with Crippen molar-refractivity contribution >= 4 is 11.9 Å². The van der Waals surface area contributed by atoms with Crippen molar-refractivity contribution in [2.75, 3.05) is 19.7 Å². The van der Waals surface area contributed by atoms with Crippen molar-refractivity contribution in [3.63, 3.8) is 0 Å². The number of carbonyl (C=O) groups is 2. The van der Waals surface area contributed by atoms with Gasteiger partial charge in [-0.05, 0) is 57.1 Å². The second-order valence-corrected chi connectivity index (χ2v) is 8.14. The summed E-state index contributed by atoms with van der Waals surface area (Å²) in [6, 6.07) is 5.38. The van der Waals surface area contributed by atoms with E-state index in [1.165, 1.54) is 12.1 Å². The summed E-state index contributed by atoms with van der Waals surface area (Å²) in [7, 11) is 0. The molecule has 1 aliphatic carbocycles. The Morgan fingerprint density at radius 2 is 1.87 bits per heavy atom. The average Bonchev–Trinajstić information content (AvgIpc) is 2.74. The molecule has 1 amide bonds. The highest BCUT2D eigenvalue weighted by Gasteiger charge is 2.46. The summed E-state index contributed by atoms with van der Waals surface area (Å²) < 4.78 is 45.7. The Labute approximate surface area is 175 Å². The first-order valence-corrected chi connectivity index (χ1v) is 10.5. The van der Waals surface area contributed by atoms with Crippen LogP contribution in [0.4, 0.5) is 13.2 Å². The van der Waals surface area contributed by atoms with Gasteiger partial charge in [-0.3, -0.25) is 9.59 Å². The maximum absolute atomic E-state index is 13.5. The van der Waals surface area contributed by atoms with Crippen LogP contribution in [0, 0.1) is 11.3 Å². The molecule has 0 aromatic heterocycles. The zero-order chi connectivity index (χ0) is 21.8. The molecular formula is C23H28F3NO3. The van der Waals surface area contributed by atoms with Gasteiger partial charge in [0.05, 0.1) is 17.6 Å². The van der Waals surface area contributed by atoms with Gasteiger partial charge in [-0.25, -0.2) is 0 Å². The topological polar surface area (TPSA) is 46.6 Å². The van der Waals surface area contributed by atoms with Crippen molar-refractivity contribution in [1.82, 2.24) is 4.90 Å². The van der Waals surface area contributed by atoms with Crippen molar-refractivity contribution in [3.05, 3.63) is 47.5 Å². The van der Waals surface area contributed by atoms with Crippen LogP contribution in [0.15, 0.2) is 36.4 Å². The van der Waals surface area contributed by atoms with Crippen LogP contribution in [0.3, 0.4) is 0 Å². The van der Waals surface area contributed by atoms with E-state index in [1.54, 1.807) is 17.9 Å². The van der Waals surface area contributed by atoms with Crippen molar-refractivity contribution < 1.29 is 27.5 Å². The molecule has 3 rings (SSSR count). The van der Waals surface area contributed by atoms with Gasteiger partial charge in [0, 0.05) is 19.0 Å². The quantitative estimate of drug-likeness (QED) is 0.506. The zero-order valence-electron chi connectivity index (χ0n) is 17.2. The molecule has 2 aliphatic rings. The van der Waals surface area contributed by atoms with Gasteiger partial charge >= 0.3 is 12.1 Å². The monoisotopic (exact) mass is 423 g/mol. The van der Waals surface area contributed by atoms with E-state index in [2.05, 4.69) is 6.08 Å². The fourth-order valence-electron chi connectivity index (χ4n) is 4.48. The smallest absolute Gasteiger partial charge is 0.416 e. The Bertz CT molecular complexity index is 795. The number of halogens is 3. The van der Waals surface area contributed by atoms with Crippen LogP contribution in [-0.4, -0.2) is 36.5 Å². The molecule has 0 spiro atoms. The molecule has 1 aromatic carbocycles. The number of hydrogen-bond acceptors (Lipinski definition) is 3. The molecule has 1 fully saturated rings. The van der Waals surface area contributed by atoms with Crippen LogP contribution in [0.1, 0.15) is 50.2 Å². The van der Waals surface area contributed by atoms with Crippen LogP contribution < -0.4 is 0 Å². The maximum Gasteiger partial charge on any atom is 0.416 e. The van der Waals surface area contributed by atoms with Crippen molar-refractivity contribution in [2.45, 2.75) is 51.6 Å². The largest absolute Gasteiger partial charge is 0.466 e. The Morgan fingerprint density at radius 1 is 1.17 bits per heavy atom. The number of alkyl halides is 3. The Balaban J connectivity index is 1.79. The fraction of sp³-hybridized carbons (Fsp3) is 0.565. The molecule has 1 saturated heterocycles. The van der Waals surface area contributed by atoms with Gasteiger partial charge in [0.25, 0.3) is 0 Å². The number of allylic oxidation sites excluding steroid dienone is 2. The van der Waals surface area contributed by atoms with Crippen molar-refractivity contribution in [3.8, 4) is 0 Å². The van der Waals surface area contributed by atoms with E-state index < -0.39 is 23.1 Å². The number of hydrogen-bond donors (Lipinski definition) is 0. The van der Waals surface area contributed by atoms with Gasteiger partial charge < -0.3 is 9.64 Å². The van der Waals surface area contributed by atoms with Gasteiger partial charge in [-0.15, -0.1) is 0 Å². The Hall–Kier alpha value is -2.31. The van der Waals surface area contributed by atoms with E-state index >= 15 is 0 Å². The summed E-state index contributed by atoms with van der Waals surface area (Å²) in [6.07, 6.45) is 2.57. The lowest BCUT2D eigenvalue weighted by molar-refractivity contribution is -0.161. The predicted molar refractivity (Wildman–Crippen MR) is 107 cm³/mol. The summed E-state index contributed by atoms with van der Waals surface area (Å²) in [4.78, 5) is 27.4. The first-order valence-electron chi connectivity index (χ1n) is 10.5. The predicted octanol–water partition coefficient (Wildman–Crippen LogP) is 4.78. The molecule has 0 saturated carbocycles. The fourth-order valence-corrected chi connectivity index (χ4v) is 4.48. The second-order valence-electron chi connectivity index (χ2n) is 8.14. The standard InChI is InChI=1S/C23H28F3NO3/c1-2-30-21(29)22(16-18-10-6-7-11-19(18)23(24,25)26)12-14-27(15-13-22)20(28)17-8-4-3-5-9-17/h3-4,6-7,10-11,17H,2,5,8-9,12-16H2,1H3/t17-/m1/s1. The lowest BCUT2D eigenvalue weighted by atomic mass is 9.72. The number of piperidine rings is 1. The first kappa shape index (κ1) is 22.4. The van der Waals surface area contributed by atoms with Gasteiger partial charge in [0.15, 0.2) is 0 Å². The van der Waals surface area contributed by atoms with E-state index in [1.807, 2.05) is 6.08 Å². The molecule has 0 radical (unpaired) electrons. The second kappa shape index (κ2) is 9.23. The lowest BCUT2D eigenvalue weighted by Gasteiger charge is -2.41. The van der Waals surface area contributed by atoms with Gasteiger partial charge in [0.2, 0.25) is 5.91 Å². The van der Waals surface area contributed by atoms with E-state index in [-0.39, 0.29) is 30.4 Å². The van der Waals surface area contributed by atoms with Crippen LogP contribution in [0.2, 0.25) is 0 Å². The Kier molecular flexibility index (Phi) is 6.88. The van der Waals surface area contributed by atoms with Crippen LogP contribution in [0.25, 0.3) is 0 Å². The minimum atomic E-state index is -4.49. The molecule has 1 atom stereocenters. The van der Waals surface area contributed by atoms with Crippen LogP contribution >= 0.6 is 0 Å². The van der Waals surface area contributed by atoms with E-state index in [9.17, 15) is 22.8 Å². The number of carbonyl (C=O) groups excluding carboxylic acids is 2. The molecule has 0 N–H and O–H groups in total. The number of nitrogens with zero attached hydrogens (tertiary/aromatic N) is 1. The molecule has 7 heteroatoms. The molecule has 30 heavy (non-hydrogen) atoms. The molecule has 1 aromatic rings. The van der Waals surface area contributed by atoms with Gasteiger partial charge in [0.1, 0.15) is 0 Å². The van der Waals surface area contributed by atoms with Gasteiger partial charge in [-0.1, -0.05) is 30.4 Å². The molecule has 1 aliphatic heterocycles. The number of ether oxygens (including phenoxy) is 1. The maximum atomic E-state index is 13.5. The molecule has 1 heterocycles. The third-order valence-corrected chi connectivity index (χ3v) is 6.21. The summed E-state index contributed by atoms with van der Waals surface area (Å²) in [5.41, 5.74) is -1.68. The summed E-state index contributed by atoms with van der Waals surface area (Å²) in [6.45, 7) is 2.56. The average molecular weight is 423 g/mol. The van der Waals surface area contributed by atoms with E-state index in [4.69, 9.17) is 4.74 Å². The third kappa shape index (κ3) is 4.87. The Morgan fingerprint density at radius 3 is 2.47 bits per heavy atom. The highest BCUT2D eigenvalue weighted by Crippen LogP contribution is 2.41. The molecular weight excluding hydrogens is 395 g/mol. The highest BCUT2D eigenvalue weighted by atomic mass is 19.4. The highest BCUT2D eigenvalue weighted by molar-refractivity contribution is 5.81. The number of rotatable bonds is 5. The van der Waals surface area contributed by atoms with Crippen molar-refractivity contribution in [1.29, 1.82) is 0 Å². The normalized spacial score (nSPS) is 21.3. The molecule has 4 nitrogen and oxygen atoms in total. The number of likely N-dealkylation sites (tertiary alicyclic amines) is 1. The number of amides is 1. The molecule has 0 unspecified atom stereocenters. The van der Waals surface area contributed by atoms with E-state index in [0.717, 1.165) is 25.3 Å². The zero-order valence-corrected chi connectivity index (χ0v) is 17.2. The summed E-state index contributed by atoms with van der Waals surface area (Å²) in [5, 5.41) is 0. The SMILES string of the molecule is CCOC(=O)C1(Cc2ccccc2C(F)(F)F)CCN(C(=O)[C@@H]2CC=CCC2)CC1. The molecule has 164 valence electrons. The van der Waals surface area contributed by atoms with Crippen LogP contribution in [-0.2, 0) is 26.9 Å². The summed E-state index contributed by atoms with van der Waals surface area (Å²) in [5.74, 6) is -0.446. The van der Waals surface area contributed by atoms with Gasteiger partial charge in [-0.2, -0.15) is 13.2 Å². The number of esters is 1. The minimum absolute atomic E-state index is 0.0453. The van der Waals surface area contributed by atoms with Crippen molar-refractivity contribution in [2.24, 2.45) is 11.3 Å². The number of benzene rings is 1.